The van der Waals surface area contributed by atoms with Crippen molar-refractivity contribution in [2.45, 2.75) is 25.8 Å². The molecule has 4 N–H and O–H groups in total. The molecular formula is C12H18N4O3. The standard InChI is InChI=1S/C12H18N4O3/c17-11(18)10-3-1-2-9(10)7-14-12(19)13-4-8-5-15-16-6-8/h5-6,9-10H,1-4,7H2,(H,15,16)(H,17,18)(H2,13,14,19). The van der Waals surface area contributed by atoms with Gasteiger partial charge in [-0.1, -0.05) is 6.42 Å². The van der Waals surface area contributed by atoms with Crippen LogP contribution in [0.2, 0.25) is 0 Å². The fourth-order valence-electron chi connectivity index (χ4n) is 2.45. The van der Waals surface area contributed by atoms with Gasteiger partial charge < -0.3 is 15.7 Å². The lowest BCUT2D eigenvalue weighted by Crippen LogP contribution is -2.39. The molecule has 1 saturated carbocycles. The highest BCUT2D eigenvalue weighted by atomic mass is 16.4. The van der Waals surface area contributed by atoms with Crippen molar-refractivity contribution in [3.63, 3.8) is 0 Å². The number of carboxylic acid groups (broad SMARTS) is 1. The minimum Gasteiger partial charge on any atom is -0.481 e. The average Bonchev–Trinajstić information content (AvgIpc) is 3.04. The number of aromatic nitrogens is 2. The lowest BCUT2D eigenvalue weighted by atomic mass is 9.96. The van der Waals surface area contributed by atoms with Crippen molar-refractivity contribution in [2.75, 3.05) is 6.54 Å². The molecule has 1 aliphatic rings. The Labute approximate surface area is 110 Å². The molecule has 0 radical (unpaired) electrons. The van der Waals surface area contributed by atoms with E-state index in [9.17, 15) is 9.59 Å². The molecule has 1 aromatic heterocycles. The third-order valence-corrected chi connectivity index (χ3v) is 3.51. The number of rotatable bonds is 5. The molecule has 1 aliphatic carbocycles. The van der Waals surface area contributed by atoms with Gasteiger partial charge in [-0.15, -0.1) is 0 Å². The third kappa shape index (κ3) is 3.70. The second-order valence-corrected chi connectivity index (χ2v) is 4.81. The zero-order valence-corrected chi connectivity index (χ0v) is 10.6. The number of H-pyrrole nitrogens is 1. The van der Waals surface area contributed by atoms with Gasteiger partial charge in [0.2, 0.25) is 0 Å². The Morgan fingerprint density at radius 3 is 2.95 bits per heavy atom. The normalized spacial score (nSPS) is 22.1. The number of carbonyl (C=O) groups excluding carboxylic acids is 1. The van der Waals surface area contributed by atoms with Gasteiger partial charge in [0.05, 0.1) is 12.1 Å². The monoisotopic (exact) mass is 266 g/mol. The summed E-state index contributed by atoms with van der Waals surface area (Å²) in [7, 11) is 0. The Bertz CT molecular complexity index is 432. The van der Waals surface area contributed by atoms with Crippen molar-refractivity contribution in [2.24, 2.45) is 11.8 Å². The summed E-state index contributed by atoms with van der Waals surface area (Å²) in [6.45, 7) is 0.809. The van der Waals surface area contributed by atoms with Crippen molar-refractivity contribution in [1.29, 1.82) is 0 Å². The fourth-order valence-corrected chi connectivity index (χ4v) is 2.45. The number of urea groups is 1. The second-order valence-electron chi connectivity index (χ2n) is 4.81. The van der Waals surface area contributed by atoms with Crippen LogP contribution in [0.3, 0.4) is 0 Å². The number of nitrogens with zero attached hydrogens (tertiary/aromatic N) is 1. The second kappa shape index (κ2) is 6.21. The van der Waals surface area contributed by atoms with E-state index in [1.165, 1.54) is 0 Å². The molecule has 0 spiro atoms. The van der Waals surface area contributed by atoms with Crippen LogP contribution in [0.15, 0.2) is 12.4 Å². The van der Waals surface area contributed by atoms with E-state index in [0.29, 0.717) is 19.5 Å². The summed E-state index contributed by atoms with van der Waals surface area (Å²) in [4.78, 5) is 22.6. The van der Waals surface area contributed by atoms with E-state index < -0.39 is 5.97 Å². The van der Waals surface area contributed by atoms with Crippen molar-refractivity contribution in [3.05, 3.63) is 18.0 Å². The Hall–Kier alpha value is -2.05. The summed E-state index contributed by atoms with van der Waals surface area (Å²) >= 11 is 0. The van der Waals surface area contributed by atoms with Crippen LogP contribution in [-0.2, 0) is 11.3 Å². The molecule has 7 nitrogen and oxygen atoms in total. The van der Waals surface area contributed by atoms with Crippen LogP contribution >= 0.6 is 0 Å². The van der Waals surface area contributed by atoms with E-state index in [1.54, 1.807) is 12.4 Å². The zero-order chi connectivity index (χ0) is 13.7. The minimum atomic E-state index is -0.761. The van der Waals surface area contributed by atoms with Gasteiger partial charge in [-0.3, -0.25) is 9.89 Å². The number of amides is 2. The number of aromatic amines is 1. The van der Waals surface area contributed by atoms with Crippen LogP contribution in [0.4, 0.5) is 4.79 Å². The first kappa shape index (κ1) is 13.4. The first-order chi connectivity index (χ1) is 9.16. The number of hydrogen-bond donors (Lipinski definition) is 4. The highest BCUT2D eigenvalue weighted by Crippen LogP contribution is 2.31. The smallest absolute Gasteiger partial charge is 0.315 e. The first-order valence-corrected chi connectivity index (χ1v) is 6.39. The molecule has 0 aromatic carbocycles. The molecule has 0 aliphatic heterocycles. The minimum absolute atomic E-state index is 0.0391. The fraction of sp³-hybridized carbons (Fsp3) is 0.583. The Morgan fingerprint density at radius 2 is 2.26 bits per heavy atom. The van der Waals surface area contributed by atoms with Gasteiger partial charge in [-0.2, -0.15) is 5.10 Å². The zero-order valence-electron chi connectivity index (χ0n) is 10.6. The van der Waals surface area contributed by atoms with Crippen molar-refractivity contribution < 1.29 is 14.7 Å². The molecule has 19 heavy (non-hydrogen) atoms. The van der Waals surface area contributed by atoms with Gasteiger partial charge in [0.25, 0.3) is 0 Å². The predicted molar refractivity (Wildman–Crippen MR) is 67.3 cm³/mol. The SMILES string of the molecule is O=C(NCc1cn[nH]c1)NCC1CCCC1C(=O)O. The summed E-state index contributed by atoms with van der Waals surface area (Å²) in [6.07, 6.45) is 5.83. The van der Waals surface area contributed by atoms with Crippen LogP contribution in [0, 0.1) is 11.8 Å². The molecule has 0 saturated heterocycles. The summed E-state index contributed by atoms with van der Waals surface area (Å²) in [5.41, 5.74) is 0.888. The van der Waals surface area contributed by atoms with E-state index in [2.05, 4.69) is 20.8 Å². The van der Waals surface area contributed by atoms with E-state index in [-0.39, 0.29) is 17.9 Å². The van der Waals surface area contributed by atoms with Crippen LogP contribution in [0.1, 0.15) is 24.8 Å². The molecule has 0 bridgehead atoms. The largest absolute Gasteiger partial charge is 0.481 e. The summed E-state index contributed by atoms with van der Waals surface area (Å²) in [5, 5.41) is 20.9. The molecule has 1 fully saturated rings. The van der Waals surface area contributed by atoms with E-state index in [0.717, 1.165) is 18.4 Å². The maximum atomic E-state index is 11.6. The number of nitrogens with one attached hydrogen (secondary N) is 3. The summed E-state index contributed by atoms with van der Waals surface area (Å²) < 4.78 is 0. The Kier molecular flexibility index (Phi) is 4.38. The Morgan fingerprint density at radius 1 is 1.42 bits per heavy atom. The molecule has 2 atom stereocenters. The van der Waals surface area contributed by atoms with Crippen LogP contribution < -0.4 is 10.6 Å². The van der Waals surface area contributed by atoms with Gasteiger partial charge in [0.1, 0.15) is 0 Å². The van der Waals surface area contributed by atoms with Gasteiger partial charge in [-0.25, -0.2) is 4.79 Å². The van der Waals surface area contributed by atoms with Crippen molar-refractivity contribution in [3.8, 4) is 0 Å². The number of carboxylic acids is 1. The quantitative estimate of drug-likeness (QED) is 0.629. The van der Waals surface area contributed by atoms with Crippen molar-refractivity contribution in [1.82, 2.24) is 20.8 Å². The first-order valence-electron chi connectivity index (χ1n) is 6.39. The topological polar surface area (TPSA) is 107 Å². The van der Waals surface area contributed by atoms with Crippen LogP contribution in [0.5, 0.6) is 0 Å². The molecule has 2 amide bonds. The maximum Gasteiger partial charge on any atom is 0.315 e. The lowest BCUT2D eigenvalue weighted by Gasteiger charge is -2.16. The highest BCUT2D eigenvalue weighted by Gasteiger charge is 2.32. The Balaban J connectivity index is 1.70. The highest BCUT2D eigenvalue weighted by molar-refractivity contribution is 5.74. The molecule has 1 aromatic rings. The third-order valence-electron chi connectivity index (χ3n) is 3.51. The maximum absolute atomic E-state index is 11.6. The lowest BCUT2D eigenvalue weighted by molar-refractivity contribution is -0.142. The molecular weight excluding hydrogens is 248 g/mol. The summed E-state index contributed by atoms with van der Waals surface area (Å²) in [5.74, 6) is -1.05. The number of aliphatic carboxylic acids is 1. The van der Waals surface area contributed by atoms with Gasteiger partial charge in [0.15, 0.2) is 0 Å². The van der Waals surface area contributed by atoms with E-state index in [4.69, 9.17) is 5.11 Å². The van der Waals surface area contributed by atoms with E-state index in [1.807, 2.05) is 0 Å². The predicted octanol–water partition coefficient (Wildman–Crippen LogP) is 0.710. The van der Waals surface area contributed by atoms with Crippen LogP contribution in [0.25, 0.3) is 0 Å². The summed E-state index contributed by atoms with van der Waals surface area (Å²) in [6, 6.07) is -0.280. The number of hydrogen-bond acceptors (Lipinski definition) is 3. The van der Waals surface area contributed by atoms with E-state index >= 15 is 0 Å². The molecule has 2 unspecified atom stereocenters. The van der Waals surface area contributed by atoms with Gasteiger partial charge in [-0.05, 0) is 18.8 Å². The molecule has 1 heterocycles. The van der Waals surface area contributed by atoms with Crippen molar-refractivity contribution >= 4 is 12.0 Å². The number of carbonyl (C=O) groups is 2. The molecule has 2 rings (SSSR count). The van der Waals surface area contributed by atoms with Gasteiger partial charge >= 0.3 is 12.0 Å². The van der Waals surface area contributed by atoms with Crippen LogP contribution in [-0.4, -0.2) is 33.8 Å². The van der Waals surface area contributed by atoms with Gasteiger partial charge in [0, 0.05) is 24.8 Å². The molecule has 104 valence electrons. The molecule has 7 heteroatoms. The average molecular weight is 266 g/mol.